The Labute approximate surface area is 53.1 Å². The number of rotatable bonds is 0. The van der Waals surface area contributed by atoms with Crippen LogP contribution < -0.4 is 14.0 Å². The van der Waals surface area contributed by atoms with Gasteiger partial charge in [-0.1, -0.05) is 0 Å². The molecule has 1 N–H and O–H groups in total. The second-order valence-electron chi connectivity index (χ2n) is 0.396. The van der Waals surface area contributed by atoms with Gasteiger partial charge in [0.2, 0.25) is 0 Å². The molecule has 0 aromatic rings. The fourth-order valence-corrected chi connectivity index (χ4v) is 0. The van der Waals surface area contributed by atoms with Gasteiger partial charge in [0.05, 0.1) is 14.9 Å². The maximum absolute atomic E-state index is 8.60. The van der Waals surface area contributed by atoms with Gasteiger partial charge < -0.3 is 0 Å². The summed E-state index contributed by atoms with van der Waals surface area (Å²) < 4.78 is 32.7. The molecule has 0 fully saturated rings. The van der Waals surface area contributed by atoms with E-state index >= 15 is 0 Å². The molecular formula is HClO4Sn. The van der Waals surface area contributed by atoms with E-state index in [2.05, 4.69) is 0 Å². The molecule has 6 heteroatoms. The van der Waals surface area contributed by atoms with Crippen LogP contribution in [-0.4, -0.2) is 28.6 Å². The van der Waals surface area contributed by atoms with E-state index in [1.165, 1.54) is 0 Å². The number of hydrogen-bond acceptors (Lipinski definition) is 4. The standard InChI is InChI=1S/ClHO4.Sn/c2-1(3,4)5;/h(H,2,3,4,5);. The van der Waals surface area contributed by atoms with Gasteiger partial charge in [0.1, 0.15) is 0 Å². The minimum atomic E-state index is -4.69. The Morgan fingerprint density at radius 2 is 1.17 bits per heavy atom. The maximum atomic E-state index is 8.60. The van der Waals surface area contributed by atoms with Crippen molar-refractivity contribution >= 4 is 23.9 Å². The van der Waals surface area contributed by atoms with Crippen LogP contribution in [0.5, 0.6) is 0 Å². The monoisotopic (exact) mass is 220 g/mol. The molecule has 0 atom stereocenters. The molecule has 0 aliphatic carbocycles. The van der Waals surface area contributed by atoms with Crippen molar-refractivity contribution in [2.45, 2.75) is 0 Å². The predicted octanol–water partition coefficient (Wildman–Crippen LogP) is -4.50. The third-order valence-corrected chi connectivity index (χ3v) is 0. The summed E-state index contributed by atoms with van der Waals surface area (Å²) in [5, 5.41) is 0. The van der Waals surface area contributed by atoms with Crippen LogP contribution in [0, 0.1) is 10.2 Å². The zero-order valence-corrected chi connectivity index (χ0v) is 6.16. The molecule has 4 radical (unpaired) electrons. The Morgan fingerprint density at radius 1 is 1.17 bits per heavy atom. The summed E-state index contributed by atoms with van der Waals surface area (Å²) in [6, 6.07) is 0. The Kier molecular flexibility index (Phi) is 5.01. The van der Waals surface area contributed by atoms with E-state index < -0.39 is 10.2 Å². The first kappa shape index (κ1) is 10.0. The molecule has 0 rings (SSSR count). The smallest absolute Gasteiger partial charge is 0.0777 e. The maximum Gasteiger partial charge on any atom is 0.0777 e. The largest absolute Gasteiger partial charge is 0.183 e. The third-order valence-electron chi connectivity index (χ3n) is 0. The number of hydrogen-bond donors (Lipinski definition) is 1. The van der Waals surface area contributed by atoms with Gasteiger partial charge >= 0.3 is 0 Å². The van der Waals surface area contributed by atoms with Crippen LogP contribution in [0.15, 0.2) is 0 Å². The summed E-state index contributed by atoms with van der Waals surface area (Å²) >= 11 is 0. The molecule has 0 saturated carbocycles. The van der Waals surface area contributed by atoms with Crippen molar-refractivity contribution in [3.63, 3.8) is 0 Å². The van der Waals surface area contributed by atoms with E-state index in [-0.39, 0.29) is 23.9 Å². The predicted molar refractivity (Wildman–Crippen MR) is 7.97 cm³/mol. The van der Waals surface area contributed by atoms with Gasteiger partial charge in [-0.25, -0.2) is 0 Å². The van der Waals surface area contributed by atoms with Crippen LogP contribution in [0.25, 0.3) is 0 Å². The molecule has 0 aliphatic heterocycles. The third kappa shape index (κ3) is 88.2. The summed E-state index contributed by atoms with van der Waals surface area (Å²) in [6.45, 7) is 0. The molecule has 6 heavy (non-hydrogen) atoms. The first-order valence-corrected chi connectivity index (χ1v) is 1.90. The van der Waals surface area contributed by atoms with Gasteiger partial charge in [0.25, 0.3) is 0 Å². The van der Waals surface area contributed by atoms with Crippen LogP contribution in [0.3, 0.4) is 0 Å². The van der Waals surface area contributed by atoms with E-state index in [0.717, 1.165) is 0 Å². The average molecular weight is 219 g/mol. The van der Waals surface area contributed by atoms with Crippen molar-refractivity contribution in [2.24, 2.45) is 0 Å². The van der Waals surface area contributed by atoms with Crippen molar-refractivity contribution in [1.29, 1.82) is 0 Å². The summed E-state index contributed by atoms with van der Waals surface area (Å²) in [6.07, 6.45) is 0. The Morgan fingerprint density at radius 3 is 1.17 bits per heavy atom. The van der Waals surface area contributed by atoms with E-state index in [4.69, 9.17) is 18.6 Å². The van der Waals surface area contributed by atoms with Crippen molar-refractivity contribution in [1.82, 2.24) is 0 Å². The minimum Gasteiger partial charge on any atom is -0.183 e. The van der Waals surface area contributed by atoms with Crippen LogP contribution >= 0.6 is 0 Å². The zero-order chi connectivity index (χ0) is 4.50. The molecule has 0 bridgehead atoms. The quantitative estimate of drug-likeness (QED) is 0.416. The zero-order valence-electron chi connectivity index (χ0n) is 2.55. The van der Waals surface area contributed by atoms with E-state index in [9.17, 15) is 0 Å². The second-order valence-corrected chi connectivity index (χ2v) is 1.19. The summed E-state index contributed by atoms with van der Waals surface area (Å²) in [5.74, 6) is 0. The van der Waals surface area contributed by atoms with Crippen LogP contribution in [-0.2, 0) is 0 Å². The molecule has 0 unspecified atom stereocenters. The first-order chi connectivity index (χ1) is 2.00. The van der Waals surface area contributed by atoms with E-state index in [1.807, 2.05) is 0 Å². The summed E-state index contributed by atoms with van der Waals surface area (Å²) in [5.41, 5.74) is 0. The van der Waals surface area contributed by atoms with Crippen molar-refractivity contribution in [3.8, 4) is 0 Å². The van der Waals surface area contributed by atoms with Gasteiger partial charge in [-0.3, -0.25) is 0 Å². The van der Waals surface area contributed by atoms with Gasteiger partial charge in [-0.15, -0.1) is 0 Å². The normalized spacial score (nSPS) is 10.0. The Balaban J connectivity index is 0. The van der Waals surface area contributed by atoms with Crippen molar-refractivity contribution in [3.05, 3.63) is 0 Å². The molecule has 0 heterocycles. The molecule has 0 aromatic carbocycles. The molecule has 36 valence electrons. The molecule has 0 aromatic heterocycles. The molecule has 0 aliphatic rings. The van der Waals surface area contributed by atoms with Gasteiger partial charge in [0, 0.05) is 23.9 Å². The van der Waals surface area contributed by atoms with Gasteiger partial charge in [0.15, 0.2) is 0 Å². The first-order valence-electron chi connectivity index (χ1n) is 0.632. The van der Waals surface area contributed by atoms with E-state index in [0.29, 0.717) is 0 Å². The SMILES string of the molecule is [O-][Cl+3]([O-])([O-])O.[Sn]. The molecule has 0 amide bonds. The topological polar surface area (TPSA) is 89.4 Å². The van der Waals surface area contributed by atoms with Crippen LogP contribution in [0.2, 0.25) is 0 Å². The Bertz CT molecular complexity index is 23.0. The summed E-state index contributed by atoms with van der Waals surface area (Å²) in [4.78, 5) is 0. The molecule has 4 nitrogen and oxygen atoms in total. The van der Waals surface area contributed by atoms with Crippen LogP contribution in [0.4, 0.5) is 0 Å². The fourth-order valence-electron chi connectivity index (χ4n) is 0. The van der Waals surface area contributed by atoms with Crippen molar-refractivity contribution < 1.29 is 28.9 Å². The van der Waals surface area contributed by atoms with Gasteiger partial charge in [-0.05, 0) is 0 Å². The molecular weight excluding hydrogens is 218 g/mol. The van der Waals surface area contributed by atoms with Gasteiger partial charge in [-0.2, -0.15) is 14.0 Å². The molecule has 0 saturated heterocycles. The minimum absolute atomic E-state index is 0. The average Bonchev–Trinajstić information content (AvgIpc) is 0.722. The molecule has 0 spiro atoms. The second kappa shape index (κ2) is 3.00. The summed E-state index contributed by atoms with van der Waals surface area (Å²) in [7, 11) is -4.69. The van der Waals surface area contributed by atoms with E-state index in [1.54, 1.807) is 0 Å². The van der Waals surface area contributed by atoms with Crippen LogP contribution in [0.1, 0.15) is 0 Å². The van der Waals surface area contributed by atoms with Crippen molar-refractivity contribution in [2.75, 3.05) is 0 Å². The fraction of sp³-hybridized carbons (Fsp3) is 0. The Hall–Kier alpha value is 0.929. The number of halogens is 1.